The highest BCUT2D eigenvalue weighted by Crippen LogP contribution is 2.32. The summed E-state index contributed by atoms with van der Waals surface area (Å²) in [5.41, 5.74) is 1.28. The summed E-state index contributed by atoms with van der Waals surface area (Å²) >= 11 is 0. The Hall–Kier alpha value is -1.88. The summed E-state index contributed by atoms with van der Waals surface area (Å²) in [5.74, 6) is 2.62. The lowest BCUT2D eigenvalue weighted by atomic mass is 10.1. The molecule has 1 aliphatic rings. The summed E-state index contributed by atoms with van der Waals surface area (Å²) in [6.07, 6.45) is 4.24. The van der Waals surface area contributed by atoms with E-state index in [1.165, 1.54) is 12.0 Å². The SMILES string of the molecule is COc1cccc(CN2CCCC2c2nncn2CC(C)C)c1. The molecule has 1 unspecified atom stereocenters. The van der Waals surface area contributed by atoms with Crippen LogP contribution in [0.4, 0.5) is 0 Å². The second-order valence-electron chi connectivity index (χ2n) is 6.72. The van der Waals surface area contributed by atoms with Crippen LogP contribution in [0.1, 0.15) is 44.1 Å². The van der Waals surface area contributed by atoms with E-state index >= 15 is 0 Å². The molecule has 1 atom stereocenters. The van der Waals surface area contributed by atoms with Gasteiger partial charge in [0.25, 0.3) is 0 Å². The van der Waals surface area contributed by atoms with Gasteiger partial charge in [0.15, 0.2) is 0 Å². The summed E-state index contributed by atoms with van der Waals surface area (Å²) in [5, 5.41) is 8.58. The Kier molecular flexibility index (Phi) is 4.96. The van der Waals surface area contributed by atoms with Crippen molar-refractivity contribution in [2.45, 2.75) is 45.8 Å². The molecule has 2 aromatic rings. The van der Waals surface area contributed by atoms with E-state index in [1.54, 1.807) is 7.11 Å². The number of likely N-dealkylation sites (tertiary alicyclic amines) is 1. The minimum Gasteiger partial charge on any atom is -0.497 e. The number of aromatic nitrogens is 3. The van der Waals surface area contributed by atoms with Gasteiger partial charge in [0.1, 0.15) is 17.9 Å². The summed E-state index contributed by atoms with van der Waals surface area (Å²) in [4.78, 5) is 2.51. The van der Waals surface area contributed by atoms with Crippen LogP contribution in [0, 0.1) is 5.92 Å². The topological polar surface area (TPSA) is 43.2 Å². The molecule has 1 saturated heterocycles. The van der Waals surface area contributed by atoms with Gasteiger partial charge in [0.05, 0.1) is 13.2 Å². The zero-order valence-electron chi connectivity index (χ0n) is 14.3. The fourth-order valence-corrected chi connectivity index (χ4v) is 3.37. The van der Waals surface area contributed by atoms with Gasteiger partial charge in [-0.3, -0.25) is 4.90 Å². The number of rotatable bonds is 6. The van der Waals surface area contributed by atoms with Crippen LogP contribution in [0.3, 0.4) is 0 Å². The van der Waals surface area contributed by atoms with Crippen molar-refractivity contribution < 1.29 is 4.74 Å². The molecule has 3 rings (SSSR count). The Morgan fingerprint density at radius 1 is 1.35 bits per heavy atom. The number of hydrogen-bond donors (Lipinski definition) is 0. The molecule has 0 radical (unpaired) electrons. The third-order valence-electron chi connectivity index (χ3n) is 4.39. The highest BCUT2D eigenvalue weighted by atomic mass is 16.5. The van der Waals surface area contributed by atoms with E-state index in [0.717, 1.165) is 37.6 Å². The summed E-state index contributed by atoms with van der Waals surface area (Å²) in [6.45, 7) is 7.47. The van der Waals surface area contributed by atoms with Gasteiger partial charge in [-0.1, -0.05) is 26.0 Å². The van der Waals surface area contributed by atoms with Crippen molar-refractivity contribution in [3.05, 3.63) is 42.0 Å². The van der Waals surface area contributed by atoms with Crippen LogP contribution in [-0.2, 0) is 13.1 Å². The molecule has 1 fully saturated rings. The molecular formula is C18H26N4O. The third kappa shape index (κ3) is 3.72. The number of ether oxygens (including phenoxy) is 1. The quantitative estimate of drug-likeness (QED) is 0.820. The predicted octanol–water partition coefficient (Wildman–Crippen LogP) is 3.28. The van der Waals surface area contributed by atoms with Crippen molar-refractivity contribution in [3.63, 3.8) is 0 Å². The average molecular weight is 314 g/mol. The first-order valence-electron chi connectivity index (χ1n) is 8.42. The molecule has 23 heavy (non-hydrogen) atoms. The number of hydrogen-bond acceptors (Lipinski definition) is 4. The minimum atomic E-state index is 0.363. The zero-order valence-corrected chi connectivity index (χ0v) is 14.3. The second kappa shape index (κ2) is 7.13. The summed E-state index contributed by atoms with van der Waals surface area (Å²) in [6, 6.07) is 8.69. The lowest BCUT2D eigenvalue weighted by Crippen LogP contribution is -2.25. The van der Waals surface area contributed by atoms with E-state index in [2.05, 4.69) is 51.7 Å². The Bertz CT molecular complexity index is 637. The number of nitrogens with zero attached hydrogens (tertiary/aromatic N) is 4. The zero-order chi connectivity index (χ0) is 16.2. The van der Waals surface area contributed by atoms with E-state index in [-0.39, 0.29) is 0 Å². The smallest absolute Gasteiger partial charge is 0.150 e. The van der Waals surface area contributed by atoms with Crippen LogP contribution in [0.5, 0.6) is 5.75 Å². The van der Waals surface area contributed by atoms with E-state index in [0.29, 0.717) is 12.0 Å². The van der Waals surface area contributed by atoms with Crippen LogP contribution < -0.4 is 4.74 Å². The third-order valence-corrected chi connectivity index (χ3v) is 4.39. The van der Waals surface area contributed by atoms with Crippen LogP contribution in [0.25, 0.3) is 0 Å². The lowest BCUT2D eigenvalue weighted by Gasteiger charge is -2.24. The van der Waals surface area contributed by atoms with E-state index in [1.807, 2.05) is 12.4 Å². The first-order chi connectivity index (χ1) is 11.2. The number of benzene rings is 1. The maximum absolute atomic E-state index is 5.34. The van der Waals surface area contributed by atoms with Crippen LogP contribution in [-0.4, -0.2) is 33.3 Å². The molecule has 5 nitrogen and oxygen atoms in total. The highest BCUT2D eigenvalue weighted by Gasteiger charge is 2.30. The van der Waals surface area contributed by atoms with Gasteiger partial charge in [0.2, 0.25) is 0 Å². The molecule has 0 amide bonds. The Morgan fingerprint density at radius 2 is 2.22 bits per heavy atom. The fraction of sp³-hybridized carbons (Fsp3) is 0.556. The van der Waals surface area contributed by atoms with E-state index < -0.39 is 0 Å². The van der Waals surface area contributed by atoms with Crippen molar-refractivity contribution in [1.82, 2.24) is 19.7 Å². The van der Waals surface area contributed by atoms with Crippen LogP contribution >= 0.6 is 0 Å². The largest absolute Gasteiger partial charge is 0.497 e. The molecule has 0 saturated carbocycles. The first-order valence-corrected chi connectivity index (χ1v) is 8.42. The Balaban J connectivity index is 1.76. The van der Waals surface area contributed by atoms with E-state index in [4.69, 9.17) is 4.74 Å². The molecule has 0 aliphatic carbocycles. The monoisotopic (exact) mass is 314 g/mol. The highest BCUT2D eigenvalue weighted by molar-refractivity contribution is 5.28. The minimum absolute atomic E-state index is 0.363. The predicted molar refractivity (Wildman–Crippen MR) is 90.2 cm³/mol. The van der Waals surface area contributed by atoms with Crippen molar-refractivity contribution in [1.29, 1.82) is 0 Å². The second-order valence-corrected chi connectivity index (χ2v) is 6.72. The average Bonchev–Trinajstić information content (AvgIpc) is 3.16. The molecule has 5 heteroatoms. The van der Waals surface area contributed by atoms with Gasteiger partial charge in [-0.2, -0.15) is 0 Å². The van der Waals surface area contributed by atoms with Crippen molar-refractivity contribution in [3.8, 4) is 5.75 Å². The van der Waals surface area contributed by atoms with E-state index in [9.17, 15) is 0 Å². The molecule has 124 valence electrons. The standard InChI is InChI=1S/C18H26N4O/c1-14(2)11-22-13-19-20-18(22)17-8-5-9-21(17)12-15-6-4-7-16(10-15)23-3/h4,6-7,10,13-14,17H,5,8-9,11-12H2,1-3H3. The lowest BCUT2D eigenvalue weighted by molar-refractivity contribution is 0.232. The first kappa shape index (κ1) is 16.0. The van der Waals surface area contributed by atoms with Gasteiger partial charge in [0, 0.05) is 13.1 Å². The fourth-order valence-electron chi connectivity index (χ4n) is 3.37. The van der Waals surface area contributed by atoms with Crippen molar-refractivity contribution in [2.75, 3.05) is 13.7 Å². The van der Waals surface area contributed by atoms with Crippen LogP contribution in [0.2, 0.25) is 0 Å². The molecule has 1 aliphatic heterocycles. The molecule has 2 heterocycles. The summed E-state index contributed by atoms with van der Waals surface area (Å²) < 4.78 is 7.56. The number of methoxy groups -OCH3 is 1. The molecule has 1 aromatic carbocycles. The maximum atomic E-state index is 5.34. The molecule has 0 N–H and O–H groups in total. The Labute approximate surface area is 138 Å². The van der Waals surface area contributed by atoms with Gasteiger partial charge >= 0.3 is 0 Å². The molecular weight excluding hydrogens is 288 g/mol. The normalized spacial score (nSPS) is 18.7. The van der Waals surface area contributed by atoms with Gasteiger partial charge < -0.3 is 9.30 Å². The maximum Gasteiger partial charge on any atom is 0.150 e. The van der Waals surface area contributed by atoms with Gasteiger partial charge in [-0.05, 0) is 43.0 Å². The van der Waals surface area contributed by atoms with Crippen LogP contribution in [0.15, 0.2) is 30.6 Å². The molecule has 0 spiro atoms. The summed E-state index contributed by atoms with van der Waals surface area (Å²) in [7, 11) is 1.71. The molecule has 1 aromatic heterocycles. The van der Waals surface area contributed by atoms with Crippen molar-refractivity contribution in [2.24, 2.45) is 5.92 Å². The van der Waals surface area contributed by atoms with Crippen molar-refractivity contribution >= 4 is 0 Å². The molecule has 0 bridgehead atoms. The van der Waals surface area contributed by atoms with Gasteiger partial charge in [-0.15, -0.1) is 10.2 Å². The Morgan fingerprint density at radius 3 is 3.00 bits per heavy atom. The van der Waals surface area contributed by atoms with Gasteiger partial charge in [-0.25, -0.2) is 0 Å².